The summed E-state index contributed by atoms with van der Waals surface area (Å²) >= 11 is 1.89. The fourth-order valence-electron chi connectivity index (χ4n) is 2.55. The summed E-state index contributed by atoms with van der Waals surface area (Å²) in [6, 6.07) is 5.00. The van der Waals surface area contributed by atoms with Gasteiger partial charge in [0.2, 0.25) is 0 Å². The zero-order valence-electron chi connectivity index (χ0n) is 11.7. The molecule has 1 fully saturated rings. The molecule has 1 saturated carbocycles. The molecule has 0 aliphatic heterocycles. The Morgan fingerprint density at radius 2 is 2.05 bits per heavy atom. The molecule has 0 atom stereocenters. The van der Waals surface area contributed by atoms with E-state index in [0.717, 1.165) is 17.2 Å². The van der Waals surface area contributed by atoms with Crippen LogP contribution in [0.1, 0.15) is 43.2 Å². The highest BCUT2D eigenvalue weighted by Gasteiger charge is 2.14. The van der Waals surface area contributed by atoms with E-state index in [9.17, 15) is 4.39 Å². The van der Waals surface area contributed by atoms with E-state index in [4.69, 9.17) is 5.11 Å². The molecular weight excluding hydrogens is 271 g/mol. The third kappa shape index (κ3) is 5.19. The van der Waals surface area contributed by atoms with Crippen LogP contribution in [0.25, 0.3) is 0 Å². The first-order valence-electron chi connectivity index (χ1n) is 7.25. The molecule has 2 rings (SSSR count). The molecule has 1 aliphatic carbocycles. The van der Waals surface area contributed by atoms with Crippen molar-refractivity contribution in [2.45, 2.75) is 37.9 Å². The van der Waals surface area contributed by atoms with E-state index in [-0.39, 0.29) is 12.4 Å². The molecule has 0 aromatic heterocycles. The number of hydrogen-bond donors (Lipinski definition) is 1. The molecule has 20 heavy (non-hydrogen) atoms. The number of thioether (sulfide) groups is 1. The van der Waals surface area contributed by atoms with E-state index >= 15 is 0 Å². The number of rotatable bonds is 5. The van der Waals surface area contributed by atoms with Gasteiger partial charge >= 0.3 is 0 Å². The molecule has 0 heterocycles. The van der Waals surface area contributed by atoms with Gasteiger partial charge in [-0.15, -0.1) is 0 Å². The first kappa shape index (κ1) is 15.4. The van der Waals surface area contributed by atoms with Gasteiger partial charge in [-0.1, -0.05) is 24.7 Å². The molecule has 0 bridgehead atoms. The Balaban J connectivity index is 1.88. The maximum atomic E-state index is 13.5. The lowest BCUT2D eigenvalue weighted by molar-refractivity contribution is 0.305. The van der Waals surface area contributed by atoms with Crippen molar-refractivity contribution >= 4 is 11.8 Å². The van der Waals surface area contributed by atoms with Gasteiger partial charge in [0.25, 0.3) is 0 Å². The fraction of sp³-hybridized carbons (Fsp3) is 0.529. The highest BCUT2D eigenvalue weighted by molar-refractivity contribution is 7.98. The first-order valence-corrected chi connectivity index (χ1v) is 8.40. The summed E-state index contributed by atoms with van der Waals surface area (Å²) in [6.07, 6.45) is 5.88. The molecule has 1 aliphatic rings. The van der Waals surface area contributed by atoms with Gasteiger partial charge in [-0.25, -0.2) is 4.39 Å². The first-order chi connectivity index (χ1) is 9.78. The molecule has 1 aromatic rings. The smallest absolute Gasteiger partial charge is 0.124 e. The van der Waals surface area contributed by atoms with Crippen LogP contribution in [0.3, 0.4) is 0 Å². The molecule has 108 valence electrons. The zero-order chi connectivity index (χ0) is 14.2. The van der Waals surface area contributed by atoms with E-state index in [0.29, 0.717) is 12.0 Å². The van der Waals surface area contributed by atoms with Crippen LogP contribution in [0.5, 0.6) is 0 Å². The average molecular weight is 292 g/mol. The lowest BCUT2D eigenvalue weighted by atomic mass is 10.1. The van der Waals surface area contributed by atoms with Crippen molar-refractivity contribution in [3.05, 3.63) is 35.1 Å². The third-order valence-electron chi connectivity index (χ3n) is 3.52. The number of aliphatic hydroxyl groups excluding tert-OH is 1. The third-order valence-corrected chi connectivity index (χ3v) is 4.77. The van der Waals surface area contributed by atoms with Gasteiger partial charge in [0.1, 0.15) is 5.82 Å². The van der Waals surface area contributed by atoms with Gasteiger partial charge in [0.05, 0.1) is 6.61 Å². The Kier molecular flexibility index (Phi) is 6.42. The largest absolute Gasteiger partial charge is 0.395 e. The van der Waals surface area contributed by atoms with Crippen LogP contribution in [0.2, 0.25) is 0 Å². The molecule has 3 heteroatoms. The van der Waals surface area contributed by atoms with Crippen LogP contribution in [0, 0.1) is 23.6 Å². The maximum Gasteiger partial charge on any atom is 0.124 e. The number of aliphatic hydroxyl groups is 1. The van der Waals surface area contributed by atoms with E-state index in [1.165, 1.54) is 37.5 Å². The average Bonchev–Trinajstić information content (AvgIpc) is 2.92. The van der Waals surface area contributed by atoms with Crippen molar-refractivity contribution in [1.29, 1.82) is 0 Å². The van der Waals surface area contributed by atoms with E-state index in [1.807, 2.05) is 17.8 Å². The van der Waals surface area contributed by atoms with Crippen molar-refractivity contribution in [3.8, 4) is 11.8 Å². The minimum atomic E-state index is -0.225. The molecule has 1 aromatic carbocycles. The van der Waals surface area contributed by atoms with Crippen molar-refractivity contribution in [3.63, 3.8) is 0 Å². The highest BCUT2D eigenvalue weighted by atomic mass is 32.2. The van der Waals surface area contributed by atoms with Crippen LogP contribution in [-0.4, -0.2) is 17.5 Å². The monoisotopic (exact) mass is 292 g/mol. The van der Waals surface area contributed by atoms with Crippen LogP contribution >= 0.6 is 11.8 Å². The Morgan fingerprint density at radius 3 is 2.80 bits per heavy atom. The molecule has 0 unspecified atom stereocenters. The number of benzene rings is 1. The highest BCUT2D eigenvalue weighted by Crippen LogP contribution is 2.29. The molecule has 1 N–H and O–H groups in total. The Hall–Kier alpha value is -0.980. The summed E-state index contributed by atoms with van der Waals surface area (Å²) in [5.41, 5.74) is 1.70. The van der Waals surface area contributed by atoms with Crippen molar-refractivity contribution in [2.24, 2.45) is 5.92 Å². The molecule has 0 saturated heterocycles. The summed E-state index contributed by atoms with van der Waals surface area (Å²) < 4.78 is 13.5. The topological polar surface area (TPSA) is 20.2 Å². The van der Waals surface area contributed by atoms with Gasteiger partial charge in [-0.3, -0.25) is 0 Å². The normalized spacial score (nSPS) is 15.1. The summed E-state index contributed by atoms with van der Waals surface area (Å²) in [4.78, 5) is 0. The SMILES string of the molecule is OCCC#Cc1cc(F)cc(CSCC2CCCC2)c1. The predicted molar refractivity (Wildman–Crippen MR) is 83.1 cm³/mol. The fourth-order valence-corrected chi connectivity index (χ4v) is 3.73. The Morgan fingerprint density at radius 1 is 1.25 bits per heavy atom. The van der Waals surface area contributed by atoms with Gasteiger partial charge in [-0.2, -0.15) is 11.8 Å². The summed E-state index contributed by atoms with van der Waals surface area (Å²) in [5, 5.41) is 8.69. The zero-order valence-corrected chi connectivity index (χ0v) is 12.5. The van der Waals surface area contributed by atoms with E-state index in [1.54, 1.807) is 6.07 Å². The Bertz CT molecular complexity index is 483. The summed E-state index contributed by atoms with van der Waals surface area (Å²) in [7, 11) is 0. The molecule has 1 nitrogen and oxygen atoms in total. The van der Waals surface area contributed by atoms with Crippen LogP contribution in [0.4, 0.5) is 4.39 Å². The second-order valence-electron chi connectivity index (χ2n) is 5.29. The van der Waals surface area contributed by atoms with E-state index in [2.05, 4.69) is 11.8 Å². The minimum absolute atomic E-state index is 0.0480. The lowest BCUT2D eigenvalue weighted by Crippen LogP contribution is -1.97. The maximum absolute atomic E-state index is 13.5. The predicted octanol–water partition coefficient (Wildman–Crippen LogP) is 3.98. The second-order valence-corrected chi connectivity index (χ2v) is 6.32. The van der Waals surface area contributed by atoms with Crippen molar-refractivity contribution < 1.29 is 9.50 Å². The summed E-state index contributed by atoms with van der Waals surface area (Å²) in [6.45, 7) is 0.0480. The molecule has 0 spiro atoms. The summed E-state index contributed by atoms with van der Waals surface area (Å²) in [5.74, 6) is 8.40. The number of halogens is 1. The van der Waals surface area contributed by atoms with Gasteiger partial charge in [-0.05, 0) is 48.3 Å². The minimum Gasteiger partial charge on any atom is -0.395 e. The molecule has 0 radical (unpaired) electrons. The standard InChI is InChI=1S/C17H21FOS/c18-17-10-15(7-3-4-8-19)9-16(11-17)13-20-12-14-5-1-2-6-14/h9-11,14,19H,1-2,4-6,8,12-13H2. The Labute approximate surface area is 125 Å². The van der Waals surface area contributed by atoms with Crippen molar-refractivity contribution in [1.82, 2.24) is 0 Å². The van der Waals surface area contributed by atoms with Gasteiger partial charge < -0.3 is 5.11 Å². The van der Waals surface area contributed by atoms with Crippen LogP contribution in [-0.2, 0) is 5.75 Å². The quantitative estimate of drug-likeness (QED) is 0.828. The molecule has 0 amide bonds. The van der Waals surface area contributed by atoms with Gasteiger partial charge in [0, 0.05) is 17.7 Å². The van der Waals surface area contributed by atoms with Gasteiger partial charge in [0.15, 0.2) is 0 Å². The second kappa shape index (κ2) is 8.34. The van der Waals surface area contributed by atoms with Crippen molar-refractivity contribution in [2.75, 3.05) is 12.4 Å². The molecular formula is C17H21FOS. The van der Waals surface area contributed by atoms with Crippen LogP contribution < -0.4 is 0 Å². The van der Waals surface area contributed by atoms with E-state index < -0.39 is 0 Å². The lowest BCUT2D eigenvalue weighted by Gasteiger charge is -2.08. The number of hydrogen-bond acceptors (Lipinski definition) is 2. The van der Waals surface area contributed by atoms with Crippen LogP contribution in [0.15, 0.2) is 18.2 Å².